The fourth-order valence-electron chi connectivity index (χ4n) is 1.24. The summed E-state index contributed by atoms with van der Waals surface area (Å²) in [4.78, 5) is 1.19. The lowest BCUT2D eigenvalue weighted by molar-refractivity contribution is 0.748. The second kappa shape index (κ2) is 4.57. The molecule has 0 aromatic carbocycles. The van der Waals surface area contributed by atoms with Gasteiger partial charge < -0.3 is 0 Å². The zero-order valence-electron chi connectivity index (χ0n) is 7.75. The van der Waals surface area contributed by atoms with Gasteiger partial charge in [-0.15, -0.1) is 11.3 Å². The molecule has 80 valence electrons. The highest BCUT2D eigenvalue weighted by molar-refractivity contribution is 9.10. The molecule has 0 saturated carbocycles. The molecule has 2 nitrogen and oxygen atoms in total. The molecule has 1 unspecified atom stereocenters. The maximum atomic E-state index is 6.08. The predicted octanol–water partition coefficient (Wildman–Crippen LogP) is 4.38. The molecule has 2 aromatic heterocycles. The summed E-state index contributed by atoms with van der Waals surface area (Å²) in [6.07, 6.45) is 1.83. The van der Waals surface area contributed by atoms with Crippen molar-refractivity contribution < 1.29 is 0 Å². The second-order valence-electron chi connectivity index (χ2n) is 3.01. The lowest BCUT2D eigenvalue weighted by atomic mass is 10.2. The van der Waals surface area contributed by atoms with Gasteiger partial charge in [-0.1, -0.05) is 27.5 Å². The Kier molecular flexibility index (Phi) is 3.55. The molecule has 0 saturated heterocycles. The minimum Gasteiger partial charge on any atom is -0.261 e. The molecule has 0 radical (unpaired) electrons. The molecule has 0 fully saturated rings. The van der Waals surface area contributed by atoms with Crippen LogP contribution in [0.15, 0.2) is 22.2 Å². The normalized spacial score (nSPS) is 13.1. The van der Waals surface area contributed by atoms with Gasteiger partial charge in [0.1, 0.15) is 4.60 Å². The van der Waals surface area contributed by atoms with Gasteiger partial charge in [-0.25, -0.2) is 0 Å². The van der Waals surface area contributed by atoms with E-state index in [-0.39, 0.29) is 4.83 Å². The number of thiophene rings is 1. The maximum Gasteiger partial charge on any atom is 0.108 e. The summed E-state index contributed by atoms with van der Waals surface area (Å²) in [5.41, 5.74) is 1.09. The van der Waals surface area contributed by atoms with Gasteiger partial charge in [0, 0.05) is 17.5 Å². The molecule has 0 spiro atoms. The third-order valence-electron chi connectivity index (χ3n) is 2.04. The summed E-state index contributed by atoms with van der Waals surface area (Å²) in [7, 11) is 1.89. The molecule has 1 atom stereocenters. The Labute approximate surface area is 114 Å². The van der Waals surface area contributed by atoms with Gasteiger partial charge in [-0.2, -0.15) is 5.10 Å². The van der Waals surface area contributed by atoms with Crippen LogP contribution in [0.5, 0.6) is 0 Å². The Hall–Kier alpha value is 0.160. The molecule has 0 amide bonds. The largest absolute Gasteiger partial charge is 0.261 e. The van der Waals surface area contributed by atoms with Crippen molar-refractivity contribution in [3.8, 4) is 0 Å². The van der Waals surface area contributed by atoms with Crippen LogP contribution in [0.4, 0.5) is 0 Å². The van der Waals surface area contributed by atoms with Crippen LogP contribution in [-0.2, 0) is 7.05 Å². The lowest BCUT2D eigenvalue weighted by Gasteiger charge is -2.06. The van der Waals surface area contributed by atoms with Crippen molar-refractivity contribution in [3.63, 3.8) is 0 Å². The first-order valence-corrected chi connectivity index (χ1v) is 7.12. The minimum atomic E-state index is 0.0908. The summed E-state index contributed by atoms with van der Waals surface area (Å²) in [5, 5.41) is 6.95. The van der Waals surface area contributed by atoms with Crippen molar-refractivity contribution >= 4 is 54.8 Å². The third-order valence-corrected chi connectivity index (χ3v) is 5.69. The number of hydrogen-bond acceptors (Lipinski definition) is 2. The maximum absolute atomic E-state index is 6.08. The van der Waals surface area contributed by atoms with Crippen molar-refractivity contribution in [2.75, 3.05) is 0 Å². The van der Waals surface area contributed by atoms with Gasteiger partial charge >= 0.3 is 0 Å². The van der Waals surface area contributed by atoms with Crippen LogP contribution in [-0.4, -0.2) is 9.78 Å². The molecule has 6 heteroatoms. The van der Waals surface area contributed by atoms with Gasteiger partial charge in [-0.05, 0) is 27.4 Å². The van der Waals surface area contributed by atoms with Crippen LogP contribution in [0.3, 0.4) is 0 Å². The minimum absolute atomic E-state index is 0.0908. The lowest BCUT2D eigenvalue weighted by Crippen LogP contribution is -1.92. The SMILES string of the molecule is Cn1ncc(C(Br)c2sccc2Cl)c1Br. The average molecular weight is 370 g/mol. The van der Waals surface area contributed by atoms with E-state index in [0.717, 1.165) is 20.1 Å². The molecule has 0 bridgehead atoms. The molecule has 15 heavy (non-hydrogen) atoms. The van der Waals surface area contributed by atoms with Gasteiger partial charge in [0.15, 0.2) is 0 Å². The summed E-state index contributed by atoms with van der Waals surface area (Å²) < 4.78 is 2.75. The van der Waals surface area contributed by atoms with E-state index in [1.807, 2.05) is 24.7 Å². The van der Waals surface area contributed by atoms with Crippen molar-refractivity contribution in [2.45, 2.75) is 4.83 Å². The Morgan fingerprint density at radius 2 is 2.33 bits per heavy atom. The molecular formula is C9H7Br2ClN2S. The summed E-state index contributed by atoms with van der Waals surface area (Å²) in [5.74, 6) is 0. The number of aryl methyl sites for hydroxylation is 1. The van der Waals surface area contributed by atoms with Crippen LogP contribution < -0.4 is 0 Å². The Balaban J connectivity index is 2.41. The van der Waals surface area contributed by atoms with E-state index in [1.54, 1.807) is 16.0 Å². The Morgan fingerprint density at radius 1 is 1.60 bits per heavy atom. The summed E-state index contributed by atoms with van der Waals surface area (Å²) in [6, 6.07) is 1.90. The predicted molar refractivity (Wildman–Crippen MR) is 71.0 cm³/mol. The van der Waals surface area contributed by atoms with E-state index >= 15 is 0 Å². The van der Waals surface area contributed by atoms with E-state index in [4.69, 9.17) is 11.6 Å². The Bertz CT molecular complexity index is 480. The third kappa shape index (κ3) is 2.16. The first-order valence-electron chi connectivity index (χ1n) is 4.15. The average Bonchev–Trinajstić information content (AvgIpc) is 2.75. The molecule has 0 aliphatic rings. The fraction of sp³-hybridized carbons (Fsp3) is 0.222. The van der Waals surface area contributed by atoms with Gasteiger partial charge in [0.05, 0.1) is 16.0 Å². The standard InChI is InChI=1S/C9H7Br2ClN2S/c1-14-9(11)5(4-13-14)7(10)8-6(12)2-3-15-8/h2-4,7H,1H3. The first-order chi connectivity index (χ1) is 7.11. The fourth-order valence-corrected chi connectivity index (χ4v) is 4.16. The summed E-state index contributed by atoms with van der Waals surface area (Å²) in [6.45, 7) is 0. The van der Waals surface area contributed by atoms with Crippen LogP contribution in [0.1, 0.15) is 15.3 Å². The molecule has 0 aliphatic carbocycles. The van der Waals surface area contributed by atoms with Gasteiger partial charge in [0.25, 0.3) is 0 Å². The molecule has 0 N–H and O–H groups in total. The van der Waals surface area contributed by atoms with Crippen molar-refractivity contribution in [1.29, 1.82) is 0 Å². The number of hydrogen-bond donors (Lipinski definition) is 0. The second-order valence-corrected chi connectivity index (χ2v) is 6.03. The van der Waals surface area contributed by atoms with Crippen LogP contribution >= 0.6 is 54.8 Å². The molecule has 0 aliphatic heterocycles. The number of alkyl halides is 1. The zero-order valence-corrected chi connectivity index (χ0v) is 12.5. The first kappa shape index (κ1) is 11.6. The highest BCUT2D eigenvalue weighted by Gasteiger charge is 2.19. The van der Waals surface area contributed by atoms with E-state index in [1.165, 1.54) is 0 Å². The van der Waals surface area contributed by atoms with Gasteiger partial charge in [-0.3, -0.25) is 4.68 Å². The van der Waals surface area contributed by atoms with Crippen LogP contribution in [0.25, 0.3) is 0 Å². The number of halogens is 3. The molecule has 2 aromatic rings. The van der Waals surface area contributed by atoms with Gasteiger partial charge in [0.2, 0.25) is 0 Å². The van der Waals surface area contributed by atoms with E-state index in [0.29, 0.717) is 0 Å². The monoisotopic (exact) mass is 368 g/mol. The molecule has 2 heterocycles. The number of nitrogens with zero attached hydrogens (tertiary/aromatic N) is 2. The quantitative estimate of drug-likeness (QED) is 0.717. The van der Waals surface area contributed by atoms with Crippen molar-refractivity contribution in [3.05, 3.63) is 37.7 Å². The smallest absolute Gasteiger partial charge is 0.108 e. The Morgan fingerprint density at radius 3 is 2.80 bits per heavy atom. The number of rotatable bonds is 2. The summed E-state index contributed by atoms with van der Waals surface area (Å²) >= 11 is 14.8. The topological polar surface area (TPSA) is 17.8 Å². The highest BCUT2D eigenvalue weighted by Crippen LogP contribution is 2.40. The van der Waals surface area contributed by atoms with Crippen molar-refractivity contribution in [1.82, 2.24) is 9.78 Å². The molecule has 2 rings (SSSR count). The van der Waals surface area contributed by atoms with E-state index in [9.17, 15) is 0 Å². The van der Waals surface area contributed by atoms with Crippen molar-refractivity contribution in [2.24, 2.45) is 7.05 Å². The van der Waals surface area contributed by atoms with E-state index < -0.39 is 0 Å². The highest BCUT2D eigenvalue weighted by atomic mass is 79.9. The van der Waals surface area contributed by atoms with Crippen LogP contribution in [0.2, 0.25) is 5.02 Å². The number of aromatic nitrogens is 2. The molecular weight excluding hydrogens is 363 g/mol. The zero-order chi connectivity index (χ0) is 11.0. The van der Waals surface area contributed by atoms with E-state index in [2.05, 4.69) is 37.0 Å². The van der Waals surface area contributed by atoms with Crippen LogP contribution in [0, 0.1) is 0 Å².